The Morgan fingerprint density at radius 1 is 1.07 bits per heavy atom. The lowest BCUT2D eigenvalue weighted by Crippen LogP contribution is -2.46. The first-order valence-corrected chi connectivity index (χ1v) is 9.94. The van der Waals surface area contributed by atoms with Crippen LogP contribution in [0.4, 0.5) is 11.4 Å². The third kappa shape index (κ3) is 5.38. The number of rotatable bonds is 8. The summed E-state index contributed by atoms with van der Waals surface area (Å²) in [6, 6.07) is 12.2. The molecule has 0 spiro atoms. The number of hydrogen-bond donors (Lipinski definition) is 0. The predicted molar refractivity (Wildman–Crippen MR) is 111 cm³/mol. The first-order valence-electron chi connectivity index (χ1n) is 9.94. The molecule has 1 aromatic heterocycles. The summed E-state index contributed by atoms with van der Waals surface area (Å²) in [6.07, 6.45) is 4.05. The van der Waals surface area contributed by atoms with E-state index in [9.17, 15) is 4.79 Å². The zero-order valence-corrected chi connectivity index (χ0v) is 16.7. The molecule has 150 valence electrons. The summed E-state index contributed by atoms with van der Waals surface area (Å²) < 4.78 is 11.1. The number of nitrogens with zero attached hydrogens (tertiary/aromatic N) is 3. The van der Waals surface area contributed by atoms with Crippen LogP contribution in [0.1, 0.15) is 20.3 Å². The monoisotopic (exact) mass is 383 g/mol. The second-order valence-corrected chi connectivity index (χ2v) is 7.07. The summed E-state index contributed by atoms with van der Waals surface area (Å²) in [7, 11) is 0. The van der Waals surface area contributed by atoms with Gasteiger partial charge in [0.15, 0.2) is 0 Å². The first-order chi connectivity index (χ1) is 13.7. The van der Waals surface area contributed by atoms with Gasteiger partial charge in [-0.15, -0.1) is 0 Å². The number of piperazine rings is 1. The molecule has 0 bridgehead atoms. The largest absolute Gasteiger partial charge is 0.491 e. The normalized spacial score (nSPS) is 15.2. The highest BCUT2D eigenvalue weighted by molar-refractivity contribution is 5.69. The molecule has 1 atom stereocenters. The molecule has 28 heavy (non-hydrogen) atoms. The van der Waals surface area contributed by atoms with Crippen molar-refractivity contribution in [2.75, 3.05) is 49.2 Å². The van der Waals surface area contributed by atoms with Gasteiger partial charge in [0.25, 0.3) is 0 Å². The third-order valence-electron chi connectivity index (χ3n) is 4.86. The highest BCUT2D eigenvalue weighted by Crippen LogP contribution is 2.30. The van der Waals surface area contributed by atoms with Gasteiger partial charge in [-0.05, 0) is 31.2 Å². The Morgan fingerprint density at radius 2 is 1.75 bits per heavy atom. The molecule has 1 unspecified atom stereocenters. The van der Waals surface area contributed by atoms with Crippen molar-refractivity contribution in [3.63, 3.8) is 0 Å². The molecule has 3 rings (SSSR count). The minimum atomic E-state index is -0.167. The minimum absolute atomic E-state index is 0.107. The second kappa shape index (κ2) is 9.97. The van der Waals surface area contributed by atoms with Crippen LogP contribution in [-0.4, -0.2) is 50.3 Å². The summed E-state index contributed by atoms with van der Waals surface area (Å²) in [4.78, 5) is 20.5. The molecule has 0 saturated carbocycles. The molecule has 0 amide bonds. The van der Waals surface area contributed by atoms with E-state index in [-0.39, 0.29) is 11.9 Å². The fourth-order valence-corrected chi connectivity index (χ4v) is 3.40. The van der Waals surface area contributed by atoms with Crippen LogP contribution in [-0.2, 0) is 9.53 Å². The number of carbonyl (C=O) groups is 1. The van der Waals surface area contributed by atoms with E-state index in [4.69, 9.17) is 9.47 Å². The Hall–Kier alpha value is -2.76. The van der Waals surface area contributed by atoms with Gasteiger partial charge >= 0.3 is 5.97 Å². The van der Waals surface area contributed by atoms with E-state index in [1.165, 1.54) is 5.69 Å². The van der Waals surface area contributed by atoms with Gasteiger partial charge in [0.05, 0.1) is 25.3 Å². The second-order valence-electron chi connectivity index (χ2n) is 7.07. The number of anilines is 2. The number of pyridine rings is 1. The Morgan fingerprint density at radius 3 is 2.46 bits per heavy atom. The Balaban J connectivity index is 1.56. The van der Waals surface area contributed by atoms with E-state index >= 15 is 0 Å². The van der Waals surface area contributed by atoms with Gasteiger partial charge in [-0.1, -0.05) is 19.1 Å². The lowest BCUT2D eigenvalue weighted by atomic mass is 10.1. The number of carbonyl (C=O) groups excluding carboxylic acids is 1. The predicted octanol–water partition coefficient (Wildman–Crippen LogP) is 3.38. The van der Waals surface area contributed by atoms with Gasteiger partial charge in [-0.3, -0.25) is 9.78 Å². The fraction of sp³-hybridized carbons (Fsp3) is 0.455. The Kier molecular flexibility index (Phi) is 7.12. The number of ether oxygens (including phenoxy) is 2. The van der Waals surface area contributed by atoms with Crippen molar-refractivity contribution in [3.8, 4) is 5.75 Å². The lowest BCUT2D eigenvalue weighted by Gasteiger charge is -2.37. The van der Waals surface area contributed by atoms with Crippen LogP contribution in [0.5, 0.6) is 5.75 Å². The van der Waals surface area contributed by atoms with E-state index in [1.807, 2.05) is 44.4 Å². The van der Waals surface area contributed by atoms with Gasteiger partial charge in [-0.25, -0.2) is 0 Å². The first kappa shape index (κ1) is 20.0. The van der Waals surface area contributed by atoms with Crippen LogP contribution in [0.25, 0.3) is 0 Å². The standard InChI is InChI=1S/C22H29N3O3/c1-3-27-22(26)16-18(2)17-28-21-7-5-4-6-20(21)25-14-12-24(13-15-25)19-8-10-23-11-9-19/h4-11,18H,3,12-17H2,1-2H3. The lowest BCUT2D eigenvalue weighted by molar-refractivity contribution is -0.144. The summed E-state index contributed by atoms with van der Waals surface area (Å²) in [6.45, 7) is 8.52. The van der Waals surface area contributed by atoms with Crippen LogP contribution < -0.4 is 14.5 Å². The SMILES string of the molecule is CCOC(=O)CC(C)COc1ccccc1N1CCN(c2ccncc2)CC1. The van der Waals surface area contributed by atoms with E-state index in [0.717, 1.165) is 37.6 Å². The van der Waals surface area contributed by atoms with Crippen molar-refractivity contribution in [1.82, 2.24) is 4.98 Å². The number of benzene rings is 1. The Labute approximate surface area is 167 Å². The van der Waals surface area contributed by atoms with Crippen molar-refractivity contribution < 1.29 is 14.3 Å². The molecular weight excluding hydrogens is 354 g/mol. The van der Waals surface area contributed by atoms with Crippen LogP contribution in [0, 0.1) is 5.92 Å². The molecule has 1 aliphatic rings. The van der Waals surface area contributed by atoms with Crippen LogP contribution in [0.3, 0.4) is 0 Å². The number of para-hydroxylation sites is 2. The van der Waals surface area contributed by atoms with Gasteiger partial charge < -0.3 is 19.3 Å². The molecular formula is C22H29N3O3. The highest BCUT2D eigenvalue weighted by atomic mass is 16.5. The molecule has 0 N–H and O–H groups in total. The van der Waals surface area contributed by atoms with Crippen LogP contribution in [0.15, 0.2) is 48.8 Å². The maximum atomic E-state index is 11.6. The quantitative estimate of drug-likeness (QED) is 0.652. The van der Waals surface area contributed by atoms with Crippen LogP contribution in [0.2, 0.25) is 0 Å². The van der Waals surface area contributed by atoms with Crippen molar-refractivity contribution >= 4 is 17.3 Å². The maximum Gasteiger partial charge on any atom is 0.306 e. The number of hydrogen-bond acceptors (Lipinski definition) is 6. The molecule has 1 saturated heterocycles. The van der Waals surface area contributed by atoms with Gasteiger partial charge in [0.1, 0.15) is 5.75 Å². The van der Waals surface area contributed by atoms with Gasteiger partial charge in [0.2, 0.25) is 0 Å². The molecule has 6 nitrogen and oxygen atoms in total. The molecule has 1 aromatic carbocycles. The van der Waals surface area contributed by atoms with E-state index in [1.54, 1.807) is 0 Å². The van der Waals surface area contributed by atoms with Gasteiger partial charge in [0, 0.05) is 50.2 Å². The highest BCUT2D eigenvalue weighted by Gasteiger charge is 2.20. The van der Waals surface area contributed by atoms with E-state index < -0.39 is 0 Å². The zero-order chi connectivity index (χ0) is 19.8. The summed E-state index contributed by atoms with van der Waals surface area (Å²) >= 11 is 0. The van der Waals surface area contributed by atoms with E-state index in [0.29, 0.717) is 19.6 Å². The van der Waals surface area contributed by atoms with Crippen molar-refractivity contribution in [2.24, 2.45) is 5.92 Å². The molecule has 0 radical (unpaired) electrons. The van der Waals surface area contributed by atoms with Crippen molar-refractivity contribution in [1.29, 1.82) is 0 Å². The molecule has 6 heteroatoms. The number of esters is 1. The minimum Gasteiger partial charge on any atom is -0.491 e. The topological polar surface area (TPSA) is 54.9 Å². The summed E-state index contributed by atoms with van der Waals surface area (Å²) in [5.74, 6) is 0.810. The average Bonchev–Trinajstić information content (AvgIpc) is 2.73. The molecule has 1 fully saturated rings. The van der Waals surface area contributed by atoms with Crippen molar-refractivity contribution in [3.05, 3.63) is 48.8 Å². The molecule has 2 aromatic rings. The summed E-state index contributed by atoms with van der Waals surface area (Å²) in [5, 5.41) is 0. The zero-order valence-electron chi connectivity index (χ0n) is 16.7. The number of aromatic nitrogens is 1. The summed E-state index contributed by atoms with van der Waals surface area (Å²) in [5.41, 5.74) is 2.33. The average molecular weight is 383 g/mol. The van der Waals surface area contributed by atoms with Gasteiger partial charge in [-0.2, -0.15) is 0 Å². The third-order valence-corrected chi connectivity index (χ3v) is 4.86. The fourth-order valence-electron chi connectivity index (χ4n) is 3.40. The molecule has 1 aliphatic heterocycles. The van der Waals surface area contributed by atoms with E-state index in [2.05, 4.69) is 33.0 Å². The molecule has 0 aliphatic carbocycles. The molecule has 2 heterocycles. The van der Waals surface area contributed by atoms with Crippen LogP contribution >= 0.6 is 0 Å². The Bertz CT molecular complexity index is 746. The van der Waals surface area contributed by atoms with Crippen molar-refractivity contribution in [2.45, 2.75) is 20.3 Å². The maximum absolute atomic E-state index is 11.6. The smallest absolute Gasteiger partial charge is 0.306 e.